The van der Waals surface area contributed by atoms with Gasteiger partial charge in [0.15, 0.2) is 49.6 Å². The Kier molecular flexibility index (Phi) is 47.7. The zero-order valence-corrected chi connectivity index (χ0v) is 53.8. The molecule has 0 radical (unpaired) electrons. The first-order valence-electron chi connectivity index (χ1n) is 19.6. The van der Waals surface area contributed by atoms with Crippen LogP contribution < -0.4 is 114 Å². The Morgan fingerprint density at radius 3 is 0.536 bits per heavy atom. The summed E-state index contributed by atoms with van der Waals surface area (Å²) in [5, 5.41) is 34.0. The average Bonchev–Trinajstić information content (AvgIpc) is 3.33. The van der Waals surface area contributed by atoms with Crippen LogP contribution in [0.1, 0.15) is 0 Å². The molecule has 69 heavy (non-hydrogen) atoms. The quantitative estimate of drug-likeness (QED) is 0.0873. The summed E-state index contributed by atoms with van der Waals surface area (Å²) in [5.41, 5.74) is 8.60. The van der Waals surface area contributed by atoms with Crippen LogP contribution in [-0.2, 0) is 28.2 Å². The fraction of sp³-hybridized carbons (Fsp3) is 0.184. The van der Waals surface area contributed by atoms with Gasteiger partial charge in [0.1, 0.15) is 28.2 Å². The number of nitrogens with zero attached hydrogens (tertiary/aromatic N) is 8. The van der Waals surface area contributed by atoms with Crippen molar-refractivity contribution in [2.45, 2.75) is 0 Å². The molecule has 0 fully saturated rings. The van der Waals surface area contributed by atoms with Gasteiger partial charge in [0.25, 0.3) is 0 Å². The van der Waals surface area contributed by atoms with Gasteiger partial charge in [0, 0.05) is 98.1 Å². The van der Waals surface area contributed by atoms with Crippen LogP contribution in [0.2, 0.25) is 0 Å². The highest BCUT2D eigenvalue weighted by Crippen LogP contribution is 2.18. The van der Waals surface area contributed by atoms with Crippen LogP contribution in [0, 0.1) is 5.41 Å². The number of aryl methyl sites for hydroxylation is 4. The highest BCUT2D eigenvalue weighted by molar-refractivity contribution is 8.93. The van der Waals surface area contributed by atoms with Crippen molar-refractivity contribution < 1.29 is 135 Å². The van der Waals surface area contributed by atoms with Crippen molar-refractivity contribution in [2.24, 2.45) is 33.6 Å². The predicted molar refractivity (Wildman–Crippen MR) is 275 cm³/mol. The number of aliphatic hydroxyl groups is 4. The number of pyridine rings is 8. The molecular formula is C49H60Br4I4N8O4. The number of rotatable bonds is 8. The molecular weight excluding hydrogens is 1590 g/mol. The smallest absolute Gasteiger partial charge is 0.169 e. The molecule has 0 amide bonds. The van der Waals surface area contributed by atoms with Gasteiger partial charge in [-0.15, -0.1) is 67.9 Å². The Bertz CT molecular complexity index is 2060. The fourth-order valence-corrected chi connectivity index (χ4v) is 5.25. The molecule has 8 rings (SSSR count). The molecule has 12 nitrogen and oxygen atoms in total. The predicted octanol–water partition coefficient (Wildman–Crippen LogP) is -5.44. The highest BCUT2D eigenvalue weighted by atomic mass is 127. The van der Waals surface area contributed by atoms with E-state index in [0.29, 0.717) is 0 Å². The highest BCUT2D eigenvalue weighted by Gasteiger charge is 2.26. The third-order valence-electron chi connectivity index (χ3n) is 9.31. The van der Waals surface area contributed by atoms with Gasteiger partial charge in [-0.2, -0.15) is 0 Å². The maximum atomic E-state index is 8.50. The second-order valence-corrected chi connectivity index (χ2v) is 14.1. The third-order valence-corrected chi connectivity index (χ3v) is 9.31. The van der Waals surface area contributed by atoms with Gasteiger partial charge in [-0.05, 0) is 93.0 Å². The zero-order chi connectivity index (χ0) is 43.7. The van der Waals surface area contributed by atoms with E-state index in [9.17, 15) is 0 Å². The van der Waals surface area contributed by atoms with Crippen molar-refractivity contribution in [3.8, 4) is 44.5 Å². The first-order valence-corrected chi connectivity index (χ1v) is 19.6. The van der Waals surface area contributed by atoms with E-state index in [-0.39, 0.29) is 164 Å². The molecule has 0 atom stereocenters. The van der Waals surface area contributed by atoms with E-state index in [2.05, 4.69) is 68.5 Å². The van der Waals surface area contributed by atoms with E-state index in [1.165, 1.54) is 44.5 Å². The summed E-state index contributed by atoms with van der Waals surface area (Å²) in [6.45, 7) is -1.62. The summed E-state index contributed by atoms with van der Waals surface area (Å²) in [4.78, 5) is 15.9. The van der Waals surface area contributed by atoms with Gasteiger partial charge in [0.2, 0.25) is 0 Å². The van der Waals surface area contributed by atoms with Crippen molar-refractivity contribution >= 4 is 67.9 Å². The second-order valence-electron chi connectivity index (χ2n) is 14.1. The molecule has 0 saturated carbocycles. The van der Waals surface area contributed by atoms with Crippen LogP contribution in [0.4, 0.5) is 0 Å². The Labute approximate surface area is 517 Å². The normalized spacial score (nSPS) is 9.04. The molecule has 0 aliphatic rings. The van der Waals surface area contributed by atoms with Gasteiger partial charge in [-0.25, -0.2) is 18.3 Å². The van der Waals surface area contributed by atoms with Crippen LogP contribution in [0.25, 0.3) is 44.5 Å². The third kappa shape index (κ3) is 28.1. The average molecular weight is 1650 g/mol. The van der Waals surface area contributed by atoms with Crippen LogP contribution in [0.3, 0.4) is 0 Å². The molecule has 8 heterocycles. The first-order chi connectivity index (χ1) is 29.7. The molecule has 8 aromatic heterocycles. The summed E-state index contributed by atoms with van der Waals surface area (Å²) < 4.78 is 8.07. The number of hydrogen-bond acceptors (Lipinski definition) is 8. The van der Waals surface area contributed by atoms with Crippen LogP contribution in [-0.4, -0.2) is 66.8 Å². The van der Waals surface area contributed by atoms with Crippen molar-refractivity contribution in [3.05, 3.63) is 196 Å². The lowest BCUT2D eigenvalue weighted by Gasteiger charge is -2.23. The minimum Gasteiger partial charge on any atom is -1.00 e. The fourth-order valence-electron chi connectivity index (χ4n) is 5.25. The number of hydrogen-bond donors (Lipinski definition) is 4. The molecule has 0 aliphatic carbocycles. The molecule has 4 N–H and O–H groups in total. The zero-order valence-electron chi connectivity index (χ0n) is 38.3. The Balaban J connectivity index is -0.000000242. The lowest BCUT2D eigenvalue weighted by Crippen LogP contribution is -3.00. The molecule has 0 aromatic carbocycles. The van der Waals surface area contributed by atoms with Crippen LogP contribution >= 0.6 is 67.9 Å². The van der Waals surface area contributed by atoms with Crippen molar-refractivity contribution in [1.29, 1.82) is 0 Å². The largest absolute Gasteiger partial charge is 1.00 e. The molecule has 8 aromatic rings. The maximum absolute atomic E-state index is 8.50. The van der Waals surface area contributed by atoms with Gasteiger partial charge < -0.3 is 116 Å². The van der Waals surface area contributed by atoms with Crippen molar-refractivity contribution in [3.63, 3.8) is 0 Å². The van der Waals surface area contributed by atoms with E-state index in [4.69, 9.17) is 20.4 Å². The summed E-state index contributed by atoms with van der Waals surface area (Å²) in [6, 6.07) is 32.8. The topological polar surface area (TPSA) is 148 Å². The minimum atomic E-state index is -1.11. The Hall–Kier alpha value is -2.12. The van der Waals surface area contributed by atoms with E-state index >= 15 is 0 Å². The van der Waals surface area contributed by atoms with Crippen molar-refractivity contribution in [2.75, 3.05) is 26.4 Å². The van der Waals surface area contributed by atoms with Gasteiger partial charge in [0.05, 0.1) is 31.8 Å². The van der Waals surface area contributed by atoms with Crippen LogP contribution in [0.5, 0.6) is 0 Å². The maximum Gasteiger partial charge on any atom is 0.169 e. The number of aliphatic hydroxyl groups excluding tert-OH is 4. The molecule has 0 saturated heterocycles. The molecule has 20 heteroatoms. The lowest BCUT2D eigenvalue weighted by molar-refractivity contribution is -0.671. The number of aromatic nitrogens is 8. The summed E-state index contributed by atoms with van der Waals surface area (Å²) in [7, 11) is 8.04. The minimum absolute atomic E-state index is 0. The van der Waals surface area contributed by atoms with E-state index in [1.807, 2.05) is 194 Å². The molecule has 0 unspecified atom stereocenters. The SMILES string of the molecule is Br.Br.Br.Br.C[n+]1ccc(-c2ccncc2)cc1.C[n+]1ccc(-c2ccncc2)cc1.C[n+]1ccc(-c2ccncc2)cc1.C[n+]1ccc(-c2ccncc2)cc1.OCC(CO)(CO)CO.[I-].[I-].[I-].[I-]. The molecule has 0 spiro atoms. The lowest BCUT2D eigenvalue weighted by atomic mass is 9.93. The summed E-state index contributed by atoms with van der Waals surface area (Å²) in [6.07, 6.45) is 30.8. The Morgan fingerprint density at radius 1 is 0.290 bits per heavy atom. The van der Waals surface area contributed by atoms with Gasteiger partial charge >= 0.3 is 0 Å². The monoisotopic (exact) mass is 1650 g/mol. The van der Waals surface area contributed by atoms with Crippen LogP contribution in [0.15, 0.2) is 196 Å². The molecule has 0 aliphatic heterocycles. The second kappa shape index (κ2) is 43.5. The van der Waals surface area contributed by atoms with E-state index in [0.717, 1.165) is 0 Å². The standard InChI is InChI=1S/4C11H11N2.C5H12O4.4BrH.4HI/c4*1-13-8-4-11(5-9-13)10-2-6-12-7-3-10;6-1-5(2-7,3-8)4-9;;;;;;;;/h4*2-9H,1H3;6-9H,1-4H2;8*1H/q4*+1;;;;;;;;;/p-4. The van der Waals surface area contributed by atoms with E-state index < -0.39 is 31.8 Å². The molecule has 0 bridgehead atoms. The molecule has 376 valence electrons. The van der Waals surface area contributed by atoms with Crippen molar-refractivity contribution in [1.82, 2.24) is 19.9 Å². The van der Waals surface area contributed by atoms with E-state index in [1.54, 1.807) is 0 Å². The van der Waals surface area contributed by atoms with Gasteiger partial charge in [-0.3, -0.25) is 19.9 Å². The summed E-state index contributed by atoms with van der Waals surface area (Å²) >= 11 is 0. The summed E-state index contributed by atoms with van der Waals surface area (Å²) in [5.74, 6) is 0. The Morgan fingerprint density at radius 2 is 0.420 bits per heavy atom. The number of halogens is 8. The van der Waals surface area contributed by atoms with Gasteiger partial charge in [-0.1, -0.05) is 0 Å². The first kappa shape index (κ1) is 75.8.